The number of carboxylic acids is 1. The van der Waals surface area contributed by atoms with Gasteiger partial charge in [0.25, 0.3) is 0 Å². The first-order valence-electron chi connectivity index (χ1n) is 8.77. The molecule has 1 unspecified atom stereocenters. The number of carbonyl (C=O) groups is 3. The summed E-state index contributed by atoms with van der Waals surface area (Å²) >= 11 is 0. The van der Waals surface area contributed by atoms with E-state index in [0.29, 0.717) is 17.3 Å². The summed E-state index contributed by atoms with van der Waals surface area (Å²) in [5, 5.41) is 21.6. The van der Waals surface area contributed by atoms with Crippen molar-refractivity contribution >= 4 is 29.3 Å². The Kier molecular flexibility index (Phi) is 6.83. The summed E-state index contributed by atoms with van der Waals surface area (Å²) < 4.78 is 26.6. The van der Waals surface area contributed by atoms with Crippen LogP contribution in [-0.4, -0.2) is 28.7 Å². The van der Waals surface area contributed by atoms with Crippen LogP contribution in [0.25, 0.3) is 0 Å². The predicted molar refractivity (Wildman–Crippen MR) is 105 cm³/mol. The molecule has 158 valence electrons. The maximum absolute atomic E-state index is 13.5. The number of anilines is 1. The van der Waals surface area contributed by atoms with E-state index in [1.165, 1.54) is 0 Å². The fraction of sp³-hybridized carbons (Fsp3) is 0.200. The Morgan fingerprint density at radius 2 is 1.63 bits per heavy atom. The van der Waals surface area contributed by atoms with Gasteiger partial charge in [0.2, 0.25) is 11.8 Å². The van der Waals surface area contributed by atoms with Crippen molar-refractivity contribution in [3.8, 4) is 0 Å². The number of carbonyl (C=O) groups excluding carboxylic acids is 2. The van der Waals surface area contributed by atoms with Crippen molar-refractivity contribution in [1.82, 2.24) is 5.32 Å². The van der Waals surface area contributed by atoms with Gasteiger partial charge in [-0.1, -0.05) is 6.07 Å². The molecule has 2 amide bonds. The van der Waals surface area contributed by atoms with Gasteiger partial charge in [0.1, 0.15) is 5.84 Å². The van der Waals surface area contributed by atoms with Crippen LogP contribution in [-0.2, 0) is 19.9 Å². The van der Waals surface area contributed by atoms with Gasteiger partial charge in [0.15, 0.2) is 17.2 Å². The molecule has 6 N–H and O–H groups in total. The SMILES string of the molecule is CC(NC(=O)CCC(=O)Nc1ccc(C(=N)N)cc1)(C(=O)O)c1ccc(F)c(F)c1. The van der Waals surface area contributed by atoms with Gasteiger partial charge in [0, 0.05) is 24.1 Å². The van der Waals surface area contributed by atoms with E-state index in [1.54, 1.807) is 24.3 Å². The Morgan fingerprint density at radius 1 is 1.03 bits per heavy atom. The minimum atomic E-state index is -2.01. The number of hydrogen-bond acceptors (Lipinski definition) is 4. The molecular formula is C20H20F2N4O4. The molecule has 2 aromatic rings. The number of aliphatic carboxylic acids is 1. The highest BCUT2D eigenvalue weighted by atomic mass is 19.2. The molecule has 0 radical (unpaired) electrons. The van der Waals surface area contributed by atoms with Crippen molar-refractivity contribution in [3.63, 3.8) is 0 Å². The standard InChI is InChI=1S/C20H20F2N4O4/c1-20(19(29)30,12-4-7-14(21)15(22)10-12)26-17(28)9-8-16(27)25-13-5-2-11(3-6-13)18(23)24/h2-7,10H,8-9H2,1H3,(H3,23,24)(H,25,27)(H,26,28)(H,29,30). The summed E-state index contributed by atoms with van der Waals surface area (Å²) in [5.41, 5.74) is 4.10. The van der Waals surface area contributed by atoms with Crippen LogP contribution in [0.4, 0.5) is 14.5 Å². The summed E-state index contributed by atoms with van der Waals surface area (Å²) in [5.74, 6) is -5.24. The predicted octanol–water partition coefficient (Wildman–Crippen LogP) is 2.08. The number of benzene rings is 2. The van der Waals surface area contributed by atoms with E-state index in [9.17, 15) is 28.3 Å². The lowest BCUT2D eigenvalue weighted by Crippen LogP contribution is -2.49. The molecule has 0 fully saturated rings. The van der Waals surface area contributed by atoms with Gasteiger partial charge in [0.05, 0.1) is 0 Å². The van der Waals surface area contributed by atoms with Crippen LogP contribution in [0.5, 0.6) is 0 Å². The topological polar surface area (TPSA) is 145 Å². The summed E-state index contributed by atoms with van der Waals surface area (Å²) in [6.07, 6.45) is -0.572. The van der Waals surface area contributed by atoms with Gasteiger partial charge in [-0.05, 0) is 48.9 Å². The first-order valence-corrected chi connectivity index (χ1v) is 8.77. The Hall–Kier alpha value is -3.82. The van der Waals surface area contributed by atoms with Crippen molar-refractivity contribution in [3.05, 3.63) is 65.2 Å². The van der Waals surface area contributed by atoms with E-state index in [-0.39, 0.29) is 24.2 Å². The molecule has 0 aliphatic heterocycles. The monoisotopic (exact) mass is 418 g/mol. The molecule has 2 aromatic carbocycles. The van der Waals surface area contributed by atoms with Crippen molar-refractivity contribution in [2.45, 2.75) is 25.3 Å². The molecule has 0 saturated heterocycles. The average molecular weight is 418 g/mol. The van der Waals surface area contributed by atoms with Crippen molar-refractivity contribution in [2.24, 2.45) is 5.73 Å². The molecule has 8 nitrogen and oxygen atoms in total. The maximum atomic E-state index is 13.5. The highest BCUT2D eigenvalue weighted by Crippen LogP contribution is 2.23. The van der Waals surface area contributed by atoms with E-state index in [0.717, 1.165) is 19.1 Å². The Morgan fingerprint density at radius 3 is 2.17 bits per heavy atom. The molecule has 0 saturated carbocycles. The van der Waals surface area contributed by atoms with Crippen LogP contribution in [0, 0.1) is 17.0 Å². The molecule has 0 spiro atoms. The zero-order chi connectivity index (χ0) is 22.5. The van der Waals surface area contributed by atoms with Crippen LogP contribution < -0.4 is 16.4 Å². The lowest BCUT2D eigenvalue weighted by Gasteiger charge is -2.27. The number of amides is 2. The first-order chi connectivity index (χ1) is 14.0. The highest BCUT2D eigenvalue weighted by Gasteiger charge is 2.37. The van der Waals surface area contributed by atoms with Crippen LogP contribution in [0.1, 0.15) is 30.9 Å². The zero-order valence-electron chi connectivity index (χ0n) is 16.0. The Bertz CT molecular complexity index is 995. The number of nitrogens with one attached hydrogen (secondary N) is 3. The number of rotatable bonds is 8. The number of carboxylic acid groups (broad SMARTS) is 1. The summed E-state index contributed by atoms with van der Waals surface area (Å²) in [6, 6.07) is 8.70. The van der Waals surface area contributed by atoms with Gasteiger partial charge in [-0.25, -0.2) is 13.6 Å². The van der Waals surface area contributed by atoms with E-state index < -0.39 is 35.0 Å². The van der Waals surface area contributed by atoms with Crippen LogP contribution in [0.3, 0.4) is 0 Å². The van der Waals surface area contributed by atoms with Gasteiger partial charge in [-0.3, -0.25) is 15.0 Å². The van der Waals surface area contributed by atoms with Gasteiger partial charge >= 0.3 is 5.97 Å². The minimum Gasteiger partial charge on any atom is -0.479 e. The van der Waals surface area contributed by atoms with Crippen molar-refractivity contribution < 1.29 is 28.3 Å². The van der Waals surface area contributed by atoms with Crippen LogP contribution >= 0.6 is 0 Å². The average Bonchev–Trinajstić information content (AvgIpc) is 2.68. The van der Waals surface area contributed by atoms with E-state index in [1.807, 2.05) is 0 Å². The van der Waals surface area contributed by atoms with Crippen LogP contribution in [0.15, 0.2) is 42.5 Å². The second kappa shape index (κ2) is 9.12. The fourth-order valence-electron chi connectivity index (χ4n) is 2.58. The van der Waals surface area contributed by atoms with E-state index >= 15 is 0 Å². The molecule has 0 aliphatic carbocycles. The number of amidine groups is 1. The fourth-order valence-corrected chi connectivity index (χ4v) is 2.58. The summed E-state index contributed by atoms with van der Waals surface area (Å²) in [4.78, 5) is 35.9. The van der Waals surface area contributed by atoms with Crippen molar-refractivity contribution in [2.75, 3.05) is 5.32 Å². The molecule has 0 bridgehead atoms. The van der Waals surface area contributed by atoms with Gasteiger partial charge in [-0.2, -0.15) is 0 Å². The van der Waals surface area contributed by atoms with E-state index in [2.05, 4.69) is 10.6 Å². The number of nitrogens with two attached hydrogens (primary N) is 1. The second-order valence-electron chi connectivity index (χ2n) is 6.65. The Balaban J connectivity index is 1.98. The number of hydrogen-bond donors (Lipinski definition) is 5. The van der Waals surface area contributed by atoms with Gasteiger partial charge < -0.3 is 21.5 Å². The molecule has 0 heterocycles. The second-order valence-corrected chi connectivity index (χ2v) is 6.65. The summed E-state index contributed by atoms with van der Waals surface area (Å²) in [6.45, 7) is 1.14. The third-order valence-electron chi connectivity index (χ3n) is 4.37. The minimum absolute atomic E-state index is 0.118. The van der Waals surface area contributed by atoms with Gasteiger partial charge in [-0.15, -0.1) is 0 Å². The highest BCUT2D eigenvalue weighted by molar-refractivity contribution is 5.97. The molecule has 0 aromatic heterocycles. The van der Waals surface area contributed by atoms with Crippen LogP contribution in [0.2, 0.25) is 0 Å². The summed E-state index contributed by atoms with van der Waals surface area (Å²) in [7, 11) is 0. The first kappa shape index (κ1) is 22.5. The third kappa shape index (κ3) is 5.37. The molecule has 0 aliphatic rings. The number of nitrogen functional groups attached to an aromatic ring is 1. The molecule has 2 rings (SSSR count). The maximum Gasteiger partial charge on any atom is 0.333 e. The molecule has 1 atom stereocenters. The molecular weight excluding hydrogens is 398 g/mol. The lowest BCUT2D eigenvalue weighted by atomic mass is 9.91. The van der Waals surface area contributed by atoms with E-state index in [4.69, 9.17) is 11.1 Å². The smallest absolute Gasteiger partial charge is 0.333 e. The van der Waals surface area contributed by atoms with Crippen molar-refractivity contribution in [1.29, 1.82) is 5.41 Å². The normalized spacial score (nSPS) is 12.5. The quantitative estimate of drug-likeness (QED) is 0.329. The third-order valence-corrected chi connectivity index (χ3v) is 4.37. The Labute approximate surface area is 170 Å². The number of halogens is 2. The molecule has 10 heteroatoms. The lowest BCUT2D eigenvalue weighted by molar-refractivity contribution is -0.147. The molecule has 30 heavy (non-hydrogen) atoms. The zero-order valence-corrected chi connectivity index (χ0v) is 16.0. The largest absolute Gasteiger partial charge is 0.479 e.